The Morgan fingerprint density at radius 1 is 1.25 bits per heavy atom. The van der Waals surface area contributed by atoms with Gasteiger partial charge < -0.3 is 5.32 Å². The molecule has 1 saturated heterocycles. The zero-order valence-electron chi connectivity index (χ0n) is 13.8. The quantitative estimate of drug-likeness (QED) is 0.840. The van der Waals surface area contributed by atoms with Gasteiger partial charge in [0.15, 0.2) is 0 Å². The number of nitrogens with zero attached hydrogens (tertiary/aromatic N) is 2. The van der Waals surface area contributed by atoms with E-state index < -0.39 is 10.2 Å². The zero-order valence-corrected chi connectivity index (χ0v) is 14.6. The Balaban J connectivity index is 2.50. The molecule has 5 nitrogen and oxygen atoms in total. The number of hydrogen-bond acceptors (Lipinski definition) is 3. The second-order valence-electron chi connectivity index (χ2n) is 7.09. The maximum Gasteiger partial charge on any atom is 0.281 e. The summed E-state index contributed by atoms with van der Waals surface area (Å²) in [6.07, 6.45) is 1.88. The highest BCUT2D eigenvalue weighted by molar-refractivity contribution is 7.86. The van der Waals surface area contributed by atoms with E-state index in [0.29, 0.717) is 19.0 Å². The van der Waals surface area contributed by atoms with E-state index in [4.69, 9.17) is 0 Å². The summed E-state index contributed by atoms with van der Waals surface area (Å²) < 4.78 is 27.9. The highest BCUT2D eigenvalue weighted by Crippen LogP contribution is 2.21. The molecule has 1 aliphatic rings. The minimum atomic E-state index is -3.28. The lowest BCUT2D eigenvalue weighted by molar-refractivity contribution is 0.237. The van der Waals surface area contributed by atoms with E-state index in [0.717, 1.165) is 19.4 Å². The van der Waals surface area contributed by atoms with Crippen molar-refractivity contribution >= 4 is 10.2 Å². The fourth-order valence-electron chi connectivity index (χ4n) is 2.24. The van der Waals surface area contributed by atoms with Crippen LogP contribution in [-0.2, 0) is 10.2 Å². The summed E-state index contributed by atoms with van der Waals surface area (Å²) in [5.74, 6) is 0.574. The van der Waals surface area contributed by atoms with E-state index in [-0.39, 0.29) is 11.6 Å². The lowest BCUT2D eigenvalue weighted by Crippen LogP contribution is -2.49. The number of nitrogens with one attached hydrogen (secondary N) is 1. The molecule has 0 bridgehead atoms. The van der Waals surface area contributed by atoms with Gasteiger partial charge in [-0.15, -0.1) is 0 Å². The summed E-state index contributed by atoms with van der Waals surface area (Å²) in [6, 6.07) is 0.000260. The van der Waals surface area contributed by atoms with Crippen molar-refractivity contribution in [2.75, 3.05) is 26.7 Å². The maximum absolute atomic E-state index is 12.4. The van der Waals surface area contributed by atoms with Crippen molar-refractivity contribution in [2.24, 2.45) is 5.92 Å². The molecule has 0 atom stereocenters. The second kappa shape index (κ2) is 6.73. The largest absolute Gasteiger partial charge is 0.312 e. The predicted molar refractivity (Wildman–Crippen MR) is 83.9 cm³/mol. The monoisotopic (exact) mass is 305 g/mol. The van der Waals surface area contributed by atoms with Gasteiger partial charge in [0.25, 0.3) is 10.2 Å². The third kappa shape index (κ3) is 4.98. The molecule has 0 aromatic carbocycles. The van der Waals surface area contributed by atoms with Crippen LogP contribution in [0.25, 0.3) is 0 Å². The van der Waals surface area contributed by atoms with Crippen LogP contribution in [0.15, 0.2) is 0 Å². The van der Waals surface area contributed by atoms with Crippen molar-refractivity contribution < 1.29 is 8.42 Å². The number of hydrogen-bond donors (Lipinski definition) is 1. The minimum absolute atomic E-state index is 0.000260. The average Bonchev–Trinajstić information content (AvgIpc) is 2.35. The highest BCUT2D eigenvalue weighted by Gasteiger charge is 2.32. The van der Waals surface area contributed by atoms with Gasteiger partial charge in [-0.2, -0.15) is 17.0 Å². The Labute approximate surface area is 124 Å². The van der Waals surface area contributed by atoms with Gasteiger partial charge in [0, 0.05) is 31.7 Å². The van der Waals surface area contributed by atoms with Crippen molar-refractivity contribution in [2.45, 2.75) is 59.0 Å². The predicted octanol–water partition coefficient (Wildman–Crippen LogP) is 1.67. The van der Waals surface area contributed by atoms with Crippen LogP contribution in [0.1, 0.15) is 47.5 Å². The summed E-state index contributed by atoms with van der Waals surface area (Å²) in [7, 11) is -1.62. The van der Waals surface area contributed by atoms with Crippen LogP contribution in [0.5, 0.6) is 0 Å². The van der Waals surface area contributed by atoms with Crippen molar-refractivity contribution in [3.63, 3.8) is 0 Å². The van der Waals surface area contributed by atoms with E-state index in [1.807, 2.05) is 13.8 Å². The van der Waals surface area contributed by atoms with Crippen LogP contribution in [0, 0.1) is 5.92 Å². The molecule has 1 aliphatic heterocycles. The summed E-state index contributed by atoms with van der Waals surface area (Å²) in [6.45, 7) is 12.5. The van der Waals surface area contributed by atoms with E-state index in [1.165, 1.54) is 4.31 Å². The molecule has 1 fully saturated rings. The molecular weight excluding hydrogens is 274 g/mol. The minimum Gasteiger partial charge on any atom is -0.312 e. The van der Waals surface area contributed by atoms with E-state index in [2.05, 4.69) is 26.1 Å². The lowest BCUT2D eigenvalue weighted by atomic mass is 9.97. The summed E-state index contributed by atoms with van der Waals surface area (Å²) in [4.78, 5) is 0. The standard InChI is InChI=1S/C14H31N3O2S/c1-12(2)16(6)20(18,19)17-9-7-13(8-10-17)11-15-14(3,4)5/h12-13,15H,7-11H2,1-6H3. The van der Waals surface area contributed by atoms with Crippen LogP contribution >= 0.6 is 0 Å². The first-order chi connectivity index (χ1) is 9.04. The first kappa shape index (κ1) is 17.9. The van der Waals surface area contributed by atoms with Gasteiger partial charge in [0.1, 0.15) is 0 Å². The first-order valence-corrected chi connectivity index (χ1v) is 8.92. The van der Waals surface area contributed by atoms with Gasteiger partial charge in [0.2, 0.25) is 0 Å². The third-order valence-electron chi connectivity index (χ3n) is 3.91. The molecule has 6 heteroatoms. The average molecular weight is 305 g/mol. The van der Waals surface area contributed by atoms with Crippen LogP contribution in [0.2, 0.25) is 0 Å². The Bertz CT molecular complexity index is 393. The van der Waals surface area contributed by atoms with E-state index in [9.17, 15) is 8.42 Å². The van der Waals surface area contributed by atoms with Gasteiger partial charge >= 0.3 is 0 Å². The summed E-state index contributed by atoms with van der Waals surface area (Å²) in [5, 5.41) is 3.51. The van der Waals surface area contributed by atoms with Gasteiger partial charge in [-0.25, -0.2) is 0 Å². The lowest BCUT2D eigenvalue weighted by Gasteiger charge is -2.35. The molecule has 120 valence electrons. The molecule has 0 aromatic rings. The number of rotatable bonds is 5. The third-order valence-corrected chi connectivity index (χ3v) is 6.08. The Kier molecular flexibility index (Phi) is 6.01. The topological polar surface area (TPSA) is 52.7 Å². The van der Waals surface area contributed by atoms with Gasteiger partial charge in [-0.05, 0) is 59.9 Å². The zero-order chi connectivity index (χ0) is 15.6. The molecule has 1 rings (SSSR count). The van der Waals surface area contributed by atoms with Crippen molar-refractivity contribution in [3.05, 3.63) is 0 Å². The molecule has 0 saturated carbocycles. The highest BCUT2D eigenvalue weighted by atomic mass is 32.2. The normalized spacial score (nSPS) is 20.0. The van der Waals surface area contributed by atoms with Crippen molar-refractivity contribution in [1.29, 1.82) is 0 Å². The molecule has 0 spiro atoms. The van der Waals surface area contributed by atoms with Crippen LogP contribution < -0.4 is 5.32 Å². The van der Waals surface area contributed by atoms with E-state index >= 15 is 0 Å². The summed E-state index contributed by atoms with van der Waals surface area (Å²) in [5.41, 5.74) is 0.126. The number of piperidine rings is 1. The molecule has 1 N–H and O–H groups in total. The van der Waals surface area contributed by atoms with Crippen LogP contribution in [-0.4, -0.2) is 55.3 Å². The Morgan fingerprint density at radius 3 is 2.15 bits per heavy atom. The van der Waals surface area contributed by atoms with Crippen molar-refractivity contribution in [1.82, 2.24) is 13.9 Å². The molecule has 0 amide bonds. The van der Waals surface area contributed by atoms with Gasteiger partial charge in [-0.1, -0.05) is 0 Å². The second-order valence-corrected chi connectivity index (χ2v) is 9.08. The summed E-state index contributed by atoms with van der Waals surface area (Å²) >= 11 is 0. The molecular formula is C14H31N3O2S. The SMILES string of the molecule is CC(C)N(C)S(=O)(=O)N1CCC(CNC(C)(C)C)CC1. The van der Waals surface area contributed by atoms with E-state index in [1.54, 1.807) is 11.4 Å². The first-order valence-electron chi connectivity index (χ1n) is 7.52. The molecule has 20 heavy (non-hydrogen) atoms. The molecule has 1 heterocycles. The molecule has 0 unspecified atom stereocenters. The van der Waals surface area contributed by atoms with Crippen LogP contribution in [0.4, 0.5) is 0 Å². The fourth-order valence-corrected chi connectivity index (χ4v) is 3.81. The molecule has 0 aliphatic carbocycles. The molecule has 0 radical (unpaired) electrons. The Hall–Kier alpha value is -0.170. The fraction of sp³-hybridized carbons (Fsp3) is 1.00. The van der Waals surface area contributed by atoms with Crippen LogP contribution in [0.3, 0.4) is 0 Å². The van der Waals surface area contributed by atoms with Crippen molar-refractivity contribution in [3.8, 4) is 0 Å². The molecule has 0 aromatic heterocycles. The maximum atomic E-state index is 12.4. The van der Waals surface area contributed by atoms with Gasteiger partial charge in [0.05, 0.1) is 0 Å². The Morgan fingerprint density at radius 2 is 1.75 bits per heavy atom. The smallest absolute Gasteiger partial charge is 0.281 e. The van der Waals surface area contributed by atoms with Gasteiger partial charge in [-0.3, -0.25) is 0 Å².